The van der Waals surface area contributed by atoms with Gasteiger partial charge in [-0.1, -0.05) is 30.7 Å². The van der Waals surface area contributed by atoms with Gasteiger partial charge in [-0.25, -0.2) is 0 Å². The molecule has 0 atom stereocenters. The average molecular weight is 364 g/mol. The molecule has 136 valence electrons. The van der Waals surface area contributed by atoms with Crippen LogP contribution in [0.25, 0.3) is 0 Å². The molecule has 2 aliphatic rings. The van der Waals surface area contributed by atoms with E-state index in [1.54, 1.807) is 12.1 Å². The van der Waals surface area contributed by atoms with Crippen molar-refractivity contribution in [1.82, 2.24) is 14.7 Å². The molecule has 2 fully saturated rings. The molecule has 2 amide bonds. The number of piperazine rings is 1. The normalized spacial score (nSPS) is 19.9. The number of likely N-dealkylation sites (tertiary alicyclic amines) is 1. The molecule has 2 heterocycles. The summed E-state index contributed by atoms with van der Waals surface area (Å²) in [5.41, 5.74) is 0.546. The number of piperidine rings is 1. The van der Waals surface area contributed by atoms with Crippen molar-refractivity contribution in [3.8, 4) is 0 Å². The number of carbonyl (C=O) groups is 2. The van der Waals surface area contributed by atoms with Crippen LogP contribution in [-0.2, 0) is 4.79 Å². The van der Waals surface area contributed by atoms with Crippen molar-refractivity contribution in [3.05, 3.63) is 34.9 Å². The lowest BCUT2D eigenvalue weighted by molar-refractivity contribution is -0.138. The minimum Gasteiger partial charge on any atom is -0.340 e. The van der Waals surface area contributed by atoms with Crippen molar-refractivity contribution in [3.63, 3.8) is 0 Å². The van der Waals surface area contributed by atoms with E-state index in [2.05, 4.69) is 11.8 Å². The largest absolute Gasteiger partial charge is 0.340 e. The van der Waals surface area contributed by atoms with E-state index in [0.29, 0.717) is 23.7 Å². The van der Waals surface area contributed by atoms with Gasteiger partial charge >= 0.3 is 0 Å². The molecular formula is C19H26ClN3O2. The number of nitrogens with zero attached hydrogens (tertiary/aromatic N) is 3. The van der Waals surface area contributed by atoms with E-state index in [-0.39, 0.29) is 17.7 Å². The lowest BCUT2D eigenvalue weighted by atomic mass is 9.94. The van der Waals surface area contributed by atoms with Crippen molar-refractivity contribution in [2.45, 2.75) is 19.8 Å². The Hall–Kier alpha value is -1.59. The molecule has 0 N–H and O–H groups in total. The molecule has 0 aliphatic carbocycles. The molecule has 0 radical (unpaired) electrons. The molecule has 0 saturated carbocycles. The van der Waals surface area contributed by atoms with E-state index in [1.807, 2.05) is 21.9 Å². The Kier molecular flexibility index (Phi) is 5.97. The molecule has 1 aromatic rings. The van der Waals surface area contributed by atoms with Crippen LogP contribution in [-0.4, -0.2) is 72.3 Å². The fourth-order valence-corrected chi connectivity index (χ4v) is 3.89. The highest BCUT2D eigenvalue weighted by molar-refractivity contribution is 6.33. The second-order valence-electron chi connectivity index (χ2n) is 6.81. The predicted molar refractivity (Wildman–Crippen MR) is 98.8 cm³/mol. The van der Waals surface area contributed by atoms with Crippen LogP contribution in [0.2, 0.25) is 5.02 Å². The summed E-state index contributed by atoms with van der Waals surface area (Å²) in [6, 6.07) is 7.14. The number of carbonyl (C=O) groups excluding carboxylic acids is 2. The van der Waals surface area contributed by atoms with Crippen LogP contribution in [0.15, 0.2) is 24.3 Å². The van der Waals surface area contributed by atoms with E-state index in [9.17, 15) is 9.59 Å². The standard InChI is InChI=1S/C19H26ClN3O2/c1-2-21-11-13-23(14-12-21)18(24)15-7-9-22(10-8-15)19(25)16-5-3-4-6-17(16)20/h3-6,15H,2,7-14H2,1H3. The van der Waals surface area contributed by atoms with E-state index in [0.717, 1.165) is 45.6 Å². The maximum Gasteiger partial charge on any atom is 0.255 e. The Morgan fingerprint density at radius 3 is 2.24 bits per heavy atom. The zero-order valence-electron chi connectivity index (χ0n) is 14.8. The van der Waals surface area contributed by atoms with Gasteiger partial charge in [0.1, 0.15) is 0 Å². The maximum atomic E-state index is 12.7. The van der Waals surface area contributed by atoms with Crippen LogP contribution in [0.3, 0.4) is 0 Å². The maximum absolute atomic E-state index is 12.7. The van der Waals surface area contributed by atoms with Crippen molar-refractivity contribution in [1.29, 1.82) is 0 Å². The highest BCUT2D eigenvalue weighted by atomic mass is 35.5. The van der Waals surface area contributed by atoms with Gasteiger partial charge in [0.05, 0.1) is 10.6 Å². The highest BCUT2D eigenvalue weighted by Gasteiger charge is 2.32. The molecule has 0 bridgehead atoms. The van der Waals surface area contributed by atoms with Gasteiger partial charge in [0, 0.05) is 45.2 Å². The molecule has 25 heavy (non-hydrogen) atoms. The summed E-state index contributed by atoms with van der Waals surface area (Å²) < 4.78 is 0. The van der Waals surface area contributed by atoms with Crippen LogP contribution in [0.5, 0.6) is 0 Å². The van der Waals surface area contributed by atoms with Gasteiger partial charge in [-0.2, -0.15) is 0 Å². The van der Waals surface area contributed by atoms with E-state index in [4.69, 9.17) is 11.6 Å². The number of halogens is 1. The van der Waals surface area contributed by atoms with Gasteiger partial charge in [0.15, 0.2) is 0 Å². The van der Waals surface area contributed by atoms with Crippen molar-refractivity contribution in [2.24, 2.45) is 5.92 Å². The molecule has 3 rings (SSSR count). The zero-order chi connectivity index (χ0) is 17.8. The van der Waals surface area contributed by atoms with Gasteiger partial charge in [-0.3, -0.25) is 9.59 Å². The SMILES string of the molecule is CCN1CCN(C(=O)C2CCN(C(=O)c3ccccc3Cl)CC2)CC1. The molecule has 2 aliphatic heterocycles. The third kappa shape index (κ3) is 4.15. The topological polar surface area (TPSA) is 43.9 Å². The quantitative estimate of drug-likeness (QED) is 0.828. The fourth-order valence-electron chi connectivity index (χ4n) is 3.68. The van der Waals surface area contributed by atoms with Crippen LogP contribution in [0.1, 0.15) is 30.1 Å². The van der Waals surface area contributed by atoms with Gasteiger partial charge in [0.25, 0.3) is 5.91 Å². The fraction of sp³-hybridized carbons (Fsp3) is 0.579. The summed E-state index contributed by atoms with van der Waals surface area (Å²) in [4.78, 5) is 31.5. The predicted octanol–water partition coefficient (Wildman–Crippen LogP) is 2.36. The number of amides is 2. The minimum atomic E-state index is -0.0342. The lowest BCUT2D eigenvalue weighted by Crippen LogP contribution is -2.51. The van der Waals surface area contributed by atoms with Gasteiger partial charge in [0.2, 0.25) is 5.91 Å². The Labute approximate surface area is 154 Å². The highest BCUT2D eigenvalue weighted by Crippen LogP contribution is 2.24. The summed E-state index contributed by atoms with van der Waals surface area (Å²) in [5, 5.41) is 0.486. The molecule has 2 saturated heterocycles. The monoisotopic (exact) mass is 363 g/mol. The minimum absolute atomic E-state index is 0.0342. The third-order valence-corrected chi connectivity index (χ3v) is 5.70. The first kappa shape index (κ1) is 18.2. The van der Waals surface area contributed by atoms with Crippen LogP contribution < -0.4 is 0 Å². The Morgan fingerprint density at radius 1 is 1.00 bits per heavy atom. The summed E-state index contributed by atoms with van der Waals surface area (Å²) in [7, 11) is 0. The van der Waals surface area contributed by atoms with Gasteiger partial charge in [-0.05, 0) is 31.5 Å². The van der Waals surface area contributed by atoms with Gasteiger partial charge in [-0.15, -0.1) is 0 Å². The molecule has 0 unspecified atom stereocenters. The van der Waals surface area contributed by atoms with Crippen LogP contribution >= 0.6 is 11.6 Å². The summed E-state index contributed by atoms with van der Waals surface area (Å²) in [5.74, 6) is 0.275. The second kappa shape index (κ2) is 8.19. The number of rotatable bonds is 3. The second-order valence-corrected chi connectivity index (χ2v) is 7.21. The molecular weight excluding hydrogens is 338 g/mol. The number of hydrogen-bond donors (Lipinski definition) is 0. The first-order valence-electron chi connectivity index (χ1n) is 9.15. The lowest BCUT2D eigenvalue weighted by Gasteiger charge is -2.38. The first-order valence-corrected chi connectivity index (χ1v) is 9.53. The van der Waals surface area contributed by atoms with Crippen LogP contribution in [0.4, 0.5) is 0 Å². The average Bonchev–Trinajstić information content (AvgIpc) is 2.67. The third-order valence-electron chi connectivity index (χ3n) is 5.37. The van der Waals surface area contributed by atoms with Crippen LogP contribution in [0, 0.1) is 5.92 Å². The Balaban J connectivity index is 1.52. The molecule has 0 aromatic heterocycles. The summed E-state index contributed by atoms with van der Waals surface area (Å²) >= 11 is 6.13. The van der Waals surface area contributed by atoms with E-state index in [1.165, 1.54) is 0 Å². The molecule has 6 heteroatoms. The Bertz CT molecular complexity index is 621. The van der Waals surface area contributed by atoms with Crippen molar-refractivity contribution < 1.29 is 9.59 Å². The molecule has 0 spiro atoms. The van der Waals surface area contributed by atoms with Gasteiger partial charge < -0.3 is 14.7 Å². The summed E-state index contributed by atoms with van der Waals surface area (Å²) in [6.45, 7) is 8.02. The van der Waals surface area contributed by atoms with E-state index < -0.39 is 0 Å². The van der Waals surface area contributed by atoms with E-state index >= 15 is 0 Å². The molecule has 1 aromatic carbocycles. The summed E-state index contributed by atoms with van der Waals surface area (Å²) in [6.07, 6.45) is 1.48. The first-order chi connectivity index (χ1) is 12.1. The molecule has 5 nitrogen and oxygen atoms in total. The number of benzene rings is 1. The van der Waals surface area contributed by atoms with Crippen molar-refractivity contribution in [2.75, 3.05) is 45.8 Å². The number of likely N-dealkylation sites (N-methyl/N-ethyl adjacent to an activating group) is 1. The van der Waals surface area contributed by atoms with Crippen molar-refractivity contribution >= 4 is 23.4 Å². The smallest absolute Gasteiger partial charge is 0.255 e. The zero-order valence-corrected chi connectivity index (χ0v) is 15.5. The number of hydrogen-bond acceptors (Lipinski definition) is 3. The Morgan fingerprint density at radius 2 is 1.64 bits per heavy atom.